The number of aromatic nitrogens is 1. The van der Waals surface area contributed by atoms with Crippen LogP contribution in [0.15, 0.2) is 12.1 Å². The molecule has 1 aromatic heterocycles. The van der Waals surface area contributed by atoms with Crippen LogP contribution in [0, 0.1) is 18.3 Å². The summed E-state index contributed by atoms with van der Waals surface area (Å²) in [5, 5.41) is 11.9. The van der Waals surface area contributed by atoms with Gasteiger partial charge in [-0.2, -0.15) is 5.26 Å². The maximum atomic E-state index is 10.5. The molecule has 0 aromatic carbocycles. The van der Waals surface area contributed by atoms with Crippen LogP contribution >= 0.6 is 0 Å². The molecule has 0 atom stereocenters. The van der Waals surface area contributed by atoms with Crippen molar-refractivity contribution in [2.45, 2.75) is 26.2 Å². The predicted octanol–water partition coefficient (Wildman–Crippen LogP) is 1.33. The van der Waals surface area contributed by atoms with Gasteiger partial charge in [0.05, 0.1) is 11.6 Å². The maximum Gasteiger partial charge on any atom is 0.217 e. The molecule has 90 valence electrons. The molecule has 1 rings (SSSR count). The maximum absolute atomic E-state index is 10.5. The Labute approximate surface area is 101 Å². The fourth-order valence-corrected chi connectivity index (χ4v) is 1.46. The number of nitriles is 1. The highest BCUT2D eigenvalue weighted by molar-refractivity contribution is 5.73. The summed E-state index contributed by atoms with van der Waals surface area (Å²) in [6.45, 7) is 2.56. The van der Waals surface area contributed by atoms with Crippen molar-refractivity contribution in [3.8, 4) is 6.07 Å². The lowest BCUT2D eigenvalue weighted by molar-refractivity contribution is -0.118. The number of anilines is 1. The van der Waals surface area contributed by atoms with Crippen LogP contribution in [0.1, 0.15) is 30.5 Å². The summed E-state index contributed by atoms with van der Waals surface area (Å²) >= 11 is 0. The van der Waals surface area contributed by atoms with Crippen LogP contribution in [0.4, 0.5) is 5.82 Å². The summed E-state index contributed by atoms with van der Waals surface area (Å²) in [4.78, 5) is 14.8. The third kappa shape index (κ3) is 4.98. The Hall–Kier alpha value is -2.09. The molecular formula is C12H16N4O. The number of nitrogens with one attached hydrogen (secondary N) is 1. The standard InChI is InChI=1S/C12H16N4O/c1-9-6-10(8-13)7-12(16-9)15-5-3-2-4-11(14)17/h6-7H,2-5H2,1H3,(H2,14,17)(H,15,16). The fourth-order valence-electron chi connectivity index (χ4n) is 1.46. The van der Waals surface area contributed by atoms with Crippen molar-refractivity contribution >= 4 is 11.7 Å². The zero-order valence-corrected chi connectivity index (χ0v) is 9.86. The van der Waals surface area contributed by atoms with Crippen LogP contribution in [0.5, 0.6) is 0 Å². The molecule has 0 saturated heterocycles. The fraction of sp³-hybridized carbons (Fsp3) is 0.417. The highest BCUT2D eigenvalue weighted by atomic mass is 16.1. The molecule has 0 bridgehead atoms. The second-order valence-corrected chi connectivity index (χ2v) is 3.84. The number of hydrogen-bond acceptors (Lipinski definition) is 4. The summed E-state index contributed by atoms with van der Waals surface area (Å²) in [5.41, 5.74) is 6.44. The number of carbonyl (C=O) groups is 1. The van der Waals surface area contributed by atoms with Crippen LogP contribution in [0.3, 0.4) is 0 Å². The van der Waals surface area contributed by atoms with Crippen molar-refractivity contribution in [1.82, 2.24) is 4.98 Å². The largest absolute Gasteiger partial charge is 0.370 e. The van der Waals surface area contributed by atoms with Crippen LogP contribution in [0.25, 0.3) is 0 Å². The predicted molar refractivity (Wildman–Crippen MR) is 65.2 cm³/mol. The lowest BCUT2D eigenvalue weighted by Crippen LogP contribution is -2.11. The van der Waals surface area contributed by atoms with Crippen molar-refractivity contribution in [1.29, 1.82) is 5.26 Å². The van der Waals surface area contributed by atoms with E-state index in [0.717, 1.165) is 18.5 Å². The number of aryl methyl sites for hydroxylation is 1. The topological polar surface area (TPSA) is 91.8 Å². The minimum absolute atomic E-state index is 0.273. The Balaban J connectivity index is 2.39. The molecule has 0 radical (unpaired) electrons. The molecule has 1 amide bonds. The first-order valence-electron chi connectivity index (χ1n) is 5.53. The Morgan fingerprint density at radius 1 is 1.53 bits per heavy atom. The van der Waals surface area contributed by atoms with E-state index in [1.165, 1.54) is 0 Å². The first-order valence-corrected chi connectivity index (χ1v) is 5.53. The Morgan fingerprint density at radius 3 is 2.94 bits per heavy atom. The van der Waals surface area contributed by atoms with Gasteiger partial charge in [0.15, 0.2) is 0 Å². The minimum atomic E-state index is -0.273. The second-order valence-electron chi connectivity index (χ2n) is 3.84. The van der Waals surface area contributed by atoms with Crippen molar-refractivity contribution in [3.05, 3.63) is 23.4 Å². The Morgan fingerprint density at radius 2 is 2.29 bits per heavy atom. The van der Waals surface area contributed by atoms with Crippen molar-refractivity contribution < 1.29 is 4.79 Å². The van der Waals surface area contributed by atoms with E-state index in [1.54, 1.807) is 12.1 Å². The number of nitrogens with two attached hydrogens (primary N) is 1. The van der Waals surface area contributed by atoms with Crippen LogP contribution < -0.4 is 11.1 Å². The summed E-state index contributed by atoms with van der Waals surface area (Å²) in [6.07, 6.45) is 2.02. The first-order chi connectivity index (χ1) is 8.11. The molecule has 5 nitrogen and oxygen atoms in total. The summed E-state index contributed by atoms with van der Waals surface area (Å²) in [5.74, 6) is 0.422. The van der Waals surface area contributed by atoms with Gasteiger partial charge < -0.3 is 11.1 Å². The van der Waals surface area contributed by atoms with Gasteiger partial charge in [-0.15, -0.1) is 0 Å². The average Bonchev–Trinajstić information content (AvgIpc) is 2.27. The average molecular weight is 232 g/mol. The first kappa shape index (κ1) is 13.0. The van der Waals surface area contributed by atoms with Gasteiger partial charge in [0, 0.05) is 18.7 Å². The van der Waals surface area contributed by atoms with Crippen LogP contribution in [0.2, 0.25) is 0 Å². The lowest BCUT2D eigenvalue weighted by Gasteiger charge is -2.06. The van der Waals surface area contributed by atoms with E-state index in [9.17, 15) is 4.79 Å². The van der Waals surface area contributed by atoms with Gasteiger partial charge in [-0.3, -0.25) is 4.79 Å². The van der Waals surface area contributed by atoms with E-state index < -0.39 is 0 Å². The van der Waals surface area contributed by atoms with E-state index in [4.69, 9.17) is 11.0 Å². The monoisotopic (exact) mass is 232 g/mol. The highest BCUT2D eigenvalue weighted by Gasteiger charge is 1.99. The van der Waals surface area contributed by atoms with Crippen molar-refractivity contribution in [3.63, 3.8) is 0 Å². The number of pyridine rings is 1. The quantitative estimate of drug-likeness (QED) is 0.724. The molecule has 0 aliphatic carbocycles. The molecule has 0 aliphatic rings. The number of amides is 1. The zero-order valence-electron chi connectivity index (χ0n) is 9.86. The van der Waals surface area contributed by atoms with Crippen molar-refractivity contribution in [2.75, 3.05) is 11.9 Å². The third-order valence-electron chi connectivity index (χ3n) is 2.24. The summed E-state index contributed by atoms with van der Waals surface area (Å²) in [6, 6.07) is 5.53. The molecule has 0 fully saturated rings. The van der Waals surface area contributed by atoms with E-state index >= 15 is 0 Å². The normalized spacial score (nSPS) is 9.65. The zero-order chi connectivity index (χ0) is 12.7. The SMILES string of the molecule is Cc1cc(C#N)cc(NCCCCC(N)=O)n1. The van der Waals surface area contributed by atoms with Gasteiger partial charge in [-0.25, -0.2) is 4.98 Å². The molecule has 17 heavy (non-hydrogen) atoms. The van der Waals surface area contributed by atoms with Gasteiger partial charge in [-0.1, -0.05) is 0 Å². The third-order valence-corrected chi connectivity index (χ3v) is 2.24. The lowest BCUT2D eigenvalue weighted by atomic mass is 10.2. The van der Waals surface area contributed by atoms with Crippen molar-refractivity contribution in [2.24, 2.45) is 5.73 Å². The smallest absolute Gasteiger partial charge is 0.217 e. The van der Waals surface area contributed by atoms with E-state index in [1.807, 2.05) is 6.92 Å². The van der Waals surface area contributed by atoms with Crippen LogP contribution in [-0.4, -0.2) is 17.4 Å². The number of primary amides is 1. The van der Waals surface area contributed by atoms with E-state index in [0.29, 0.717) is 24.3 Å². The molecular weight excluding hydrogens is 216 g/mol. The van der Waals surface area contributed by atoms with Gasteiger partial charge in [0.2, 0.25) is 5.91 Å². The molecule has 1 aromatic rings. The van der Waals surface area contributed by atoms with Gasteiger partial charge in [0.1, 0.15) is 5.82 Å². The molecule has 5 heteroatoms. The number of unbranched alkanes of at least 4 members (excludes halogenated alkanes) is 1. The molecule has 0 saturated carbocycles. The van der Waals surface area contributed by atoms with Crippen LogP contribution in [-0.2, 0) is 4.79 Å². The van der Waals surface area contributed by atoms with Gasteiger partial charge in [0.25, 0.3) is 0 Å². The molecule has 0 spiro atoms. The van der Waals surface area contributed by atoms with E-state index in [-0.39, 0.29) is 5.91 Å². The number of rotatable bonds is 6. The summed E-state index contributed by atoms with van der Waals surface area (Å²) < 4.78 is 0. The number of carbonyl (C=O) groups excluding carboxylic acids is 1. The number of nitrogens with zero attached hydrogens (tertiary/aromatic N) is 2. The second kappa shape index (κ2) is 6.48. The molecule has 3 N–H and O–H groups in total. The summed E-state index contributed by atoms with van der Waals surface area (Å²) in [7, 11) is 0. The highest BCUT2D eigenvalue weighted by Crippen LogP contribution is 2.09. The molecule has 0 aliphatic heterocycles. The molecule has 1 heterocycles. The van der Waals surface area contributed by atoms with E-state index in [2.05, 4.69) is 16.4 Å². The minimum Gasteiger partial charge on any atom is -0.370 e. The molecule has 0 unspecified atom stereocenters. The Bertz CT molecular complexity index is 437. The number of hydrogen-bond donors (Lipinski definition) is 2. The van der Waals surface area contributed by atoms with Gasteiger partial charge in [-0.05, 0) is 31.9 Å². The van der Waals surface area contributed by atoms with Gasteiger partial charge >= 0.3 is 0 Å². The Kier molecular flexibility index (Phi) is 4.95.